The SMILES string of the molecule is CCCNCc1cn(-c2ccc(F)c(Cl)c2)cn1. The number of hydrogen-bond acceptors (Lipinski definition) is 2. The highest BCUT2D eigenvalue weighted by Crippen LogP contribution is 2.18. The van der Waals surface area contributed by atoms with E-state index < -0.39 is 5.82 Å². The van der Waals surface area contributed by atoms with Gasteiger partial charge < -0.3 is 9.88 Å². The van der Waals surface area contributed by atoms with Crippen molar-refractivity contribution in [2.45, 2.75) is 19.9 Å². The molecule has 0 spiro atoms. The summed E-state index contributed by atoms with van der Waals surface area (Å²) in [5.74, 6) is -0.412. The molecule has 5 heteroatoms. The quantitative estimate of drug-likeness (QED) is 0.844. The number of benzene rings is 1. The van der Waals surface area contributed by atoms with E-state index in [0.29, 0.717) is 0 Å². The van der Waals surface area contributed by atoms with Gasteiger partial charge in [-0.25, -0.2) is 9.37 Å². The molecule has 0 aliphatic rings. The van der Waals surface area contributed by atoms with Crippen LogP contribution in [-0.4, -0.2) is 16.1 Å². The molecule has 1 heterocycles. The van der Waals surface area contributed by atoms with Gasteiger partial charge in [-0.05, 0) is 31.2 Å². The van der Waals surface area contributed by atoms with E-state index >= 15 is 0 Å². The summed E-state index contributed by atoms with van der Waals surface area (Å²) in [4.78, 5) is 4.28. The highest BCUT2D eigenvalue weighted by atomic mass is 35.5. The monoisotopic (exact) mass is 267 g/mol. The molecule has 3 nitrogen and oxygen atoms in total. The Bertz CT molecular complexity index is 525. The smallest absolute Gasteiger partial charge is 0.141 e. The standard InChI is InChI=1S/C13H15ClFN3/c1-2-5-16-7-10-8-18(9-17-10)11-3-4-13(15)12(14)6-11/h3-4,6,8-9,16H,2,5,7H2,1H3. The van der Waals surface area contributed by atoms with Gasteiger partial charge in [0.15, 0.2) is 0 Å². The summed E-state index contributed by atoms with van der Waals surface area (Å²) < 4.78 is 14.9. The van der Waals surface area contributed by atoms with Crippen LogP contribution in [-0.2, 0) is 6.54 Å². The molecule has 2 aromatic rings. The topological polar surface area (TPSA) is 29.9 Å². The van der Waals surface area contributed by atoms with Crippen molar-refractivity contribution in [2.24, 2.45) is 0 Å². The van der Waals surface area contributed by atoms with E-state index in [-0.39, 0.29) is 5.02 Å². The second kappa shape index (κ2) is 5.98. The highest BCUT2D eigenvalue weighted by molar-refractivity contribution is 6.30. The van der Waals surface area contributed by atoms with Crippen molar-refractivity contribution in [3.63, 3.8) is 0 Å². The van der Waals surface area contributed by atoms with Crippen molar-refractivity contribution in [1.82, 2.24) is 14.9 Å². The molecule has 1 aromatic heterocycles. The van der Waals surface area contributed by atoms with Crippen molar-refractivity contribution in [1.29, 1.82) is 0 Å². The first-order chi connectivity index (χ1) is 8.70. The third-order valence-corrected chi connectivity index (χ3v) is 2.86. The van der Waals surface area contributed by atoms with E-state index in [9.17, 15) is 4.39 Å². The summed E-state index contributed by atoms with van der Waals surface area (Å²) in [5.41, 5.74) is 1.75. The number of nitrogens with zero attached hydrogens (tertiary/aromatic N) is 2. The van der Waals surface area contributed by atoms with Gasteiger partial charge in [0.25, 0.3) is 0 Å². The van der Waals surface area contributed by atoms with E-state index in [1.54, 1.807) is 18.5 Å². The molecule has 0 fully saturated rings. The van der Waals surface area contributed by atoms with Gasteiger partial charge in [-0.2, -0.15) is 0 Å². The number of imidazole rings is 1. The fourth-order valence-electron chi connectivity index (χ4n) is 1.63. The van der Waals surface area contributed by atoms with Crippen LogP contribution in [0.3, 0.4) is 0 Å². The van der Waals surface area contributed by atoms with Gasteiger partial charge in [0, 0.05) is 18.4 Å². The zero-order chi connectivity index (χ0) is 13.0. The second-order valence-electron chi connectivity index (χ2n) is 4.05. The Balaban J connectivity index is 2.11. The molecule has 0 radical (unpaired) electrons. The van der Waals surface area contributed by atoms with Gasteiger partial charge in [0.05, 0.1) is 17.0 Å². The van der Waals surface area contributed by atoms with Gasteiger partial charge in [-0.1, -0.05) is 18.5 Å². The summed E-state index contributed by atoms with van der Waals surface area (Å²) in [6.45, 7) is 3.82. The molecule has 0 aliphatic heterocycles. The van der Waals surface area contributed by atoms with Crippen LogP contribution in [0.25, 0.3) is 5.69 Å². The Morgan fingerprint density at radius 1 is 1.44 bits per heavy atom. The van der Waals surface area contributed by atoms with Gasteiger partial charge in [0.2, 0.25) is 0 Å². The summed E-state index contributed by atoms with van der Waals surface area (Å²) in [5, 5.41) is 3.39. The fraction of sp³-hybridized carbons (Fsp3) is 0.308. The van der Waals surface area contributed by atoms with Crippen LogP contribution in [0, 0.1) is 5.82 Å². The van der Waals surface area contributed by atoms with Crippen LogP contribution in [0.2, 0.25) is 5.02 Å². The lowest BCUT2D eigenvalue weighted by molar-refractivity contribution is 0.628. The molecule has 2 rings (SSSR count). The Kier molecular flexibility index (Phi) is 4.33. The van der Waals surface area contributed by atoms with Crippen LogP contribution in [0.4, 0.5) is 4.39 Å². The largest absolute Gasteiger partial charge is 0.311 e. The van der Waals surface area contributed by atoms with Crippen molar-refractivity contribution in [3.8, 4) is 5.69 Å². The molecule has 0 amide bonds. The van der Waals surface area contributed by atoms with E-state index in [4.69, 9.17) is 11.6 Å². The lowest BCUT2D eigenvalue weighted by atomic mass is 10.3. The summed E-state index contributed by atoms with van der Waals surface area (Å²) in [6.07, 6.45) is 4.70. The predicted octanol–water partition coefficient (Wildman–Crippen LogP) is 3.16. The lowest BCUT2D eigenvalue weighted by Crippen LogP contribution is -2.13. The maximum absolute atomic E-state index is 13.1. The molecular weight excluding hydrogens is 253 g/mol. The molecule has 96 valence electrons. The van der Waals surface area contributed by atoms with Crippen LogP contribution >= 0.6 is 11.6 Å². The fourth-order valence-corrected chi connectivity index (χ4v) is 1.81. The number of nitrogens with one attached hydrogen (secondary N) is 1. The van der Waals surface area contributed by atoms with E-state index in [1.807, 2.05) is 10.8 Å². The van der Waals surface area contributed by atoms with Crippen LogP contribution in [0.1, 0.15) is 19.0 Å². The first-order valence-electron chi connectivity index (χ1n) is 5.89. The Morgan fingerprint density at radius 3 is 3.00 bits per heavy atom. The zero-order valence-electron chi connectivity index (χ0n) is 10.2. The number of aromatic nitrogens is 2. The third-order valence-electron chi connectivity index (χ3n) is 2.57. The van der Waals surface area contributed by atoms with Crippen LogP contribution in [0.15, 0.2) is 30.7 Å². The number of halogens is 2. The molecule has 18 heavy (non-hydrogen) atoms. The second-order valence-corrected chi connectivity index (χ2v) is 4.45. The summed E-state index contributed by atoms with van der Waals surface area (Å²) in [7, 11) is 0. The maximum Gasteiger partial charge on any atom is 0.141 e. The minimum Gasteiger partial charge on any atom is -0.311 e. The predicted molar refractivity (Wildman–Crippen MR) is 70.5 cm³/mol. The maximum atomic E-state index is 13.1. The molecule has 1 aromatic carbocycles. The summed E-state index contributed by atoms with van der Waals surface area (Å²) in [6, 6.07) is 4.61. The molecule has 0 saturated carbocycles. The molecule has 1 N–H and O–H groups in total. The van der Waals surface area contributed by atoms with Crippen LogP contribution in [0.5, 0.6) is 0 Å². The van der Waals surface area contributed by atoms with E-state index in [0.717, 1.165) is 30.9 Å². The van der Waals surface area contributed by atoms with Gasteiger partial charge >= 0.3 is 0 Å². The minimum absolute atomic E-state index is 0.117. The Labute approximate surface area is 111 Å². The number of rotatable bonds is 5. The van der Waals surface area contributed by atoms with Crippen LogP contribution < -0.4 is 5.32 Å². The molecule has 0 aliphatic carbocycles. The first-order valence-corrected chi connectivity index (χ1v) is 6.27. The van der Waals surface area contributed by atoms with Crippen molar-refractivity contribution >= 4 is 11.6 Å². The normalized spacial score (nSPS) is 10.8. The van der Waals surface area contributed by atoms with Crippen molar-refractivity contribution in [3.05, 3.63) is 47.3 Å². The van der Waals surface area contributed by atoms with Crippen molar-refractivity contribution in [2.75, 3.05) is 6.54 Å². The average Bonchev–Trinajstić information content (AvgIpc) is 2.82. The van der Waals surface area contributed by atoms with E-state index in [2.05, 4.69) is 17.2 Å². The molecule has 0 unspecified atom stereocenters. The summed E-state index contributed by atoms with van der Waals surface area (Å²) >= 11 is 5.75. The Morgan fingerprint density at radius 2 is 2.28 bits per heavy atom. The molecule has 0 bridgehead atoms. The lowest BCUT2D eigenvalue weighted by Gasteiger charge is -2.03. The minimum atomic E-state index is -0.412. The van der Waals surface area contributed by atoms with E-state index in [1.165, 1.54) is 6.07 Å². The number of hydrogen-bond donors (Lipinski definition) is 1. The average molecular weight is 268 g/mol. The molecule has 0 atom stereocenters. The molecule has 0 saturated heterocycles. The van der Waals surface area contributed by atoms with Gasteiger partial charge in [0.1, 0.15) is 5.82 Å². The first kappa shape index (κ1) is 13.1. The van der Waals surface area contributed by atoms with Gasteiger partial charge in [-0.3, -0.25) is 0 Å². The zero-order valence-corrected chi connectivity index (χ0v) is 10.9. The molecular formula is C13H15ClFN3. The Hall–Kier alpha value is -1.39. The third kappa shape index (κ3) is 3.09. The van der Waals surface area contributed by atoms with Gasteiger partial charge in [-0.15, -0.1) is 0 Å². The van der Waals surface area contributed by atoms with Crippen molar-refractivity contribution < 1.29 is 4.39 Å². The highest BCUT2D eigenvalue weighted by Gasteiger charge is 2.04.